The van der Waals surface area contributed by atoms with Crippen LogP contribution in [0.1, 0.15) is 36.0 Å². The molecule has 4 aliphatic rings. The fraction of sp³-hybridized carbons (Fsp3) is 0.381. The van der Waals surface area contributed by atoms with E-state index >= 15 is 0 Å². The third-order valence-electron chi connectivity index (χ3n) is 6.17. The topological polar surface area (TPSA) is 48.0 Å². The number of amides is 1. The third-order valence-corrected chi connectivity index (χ3v) is 6.17. The van der Waals surface area contributed by atoms with Crippen LogP contribution in [-0.2, 0) is 16.6 Å². The summed E-state index contributed by atoms with van der Waals surface area (Å²) in [6, 6.07) is 10.2. The standard InChI is InChI=1S/C21H19NO4/c23-20-21(11-24-16-10-18-17(9-15(16)21)25-12-26-18)14-7-4-6-13-5-2-1-3-8-22(20)19(13)14/h4,6-7,9-10H,1-3,5,8,11-12H2. The van der Waals surface area contributed by atoms with Crippen LogP contribution in [0.2, 0.25) is 0 Å². The van der Waals surface area contributed by atoms with E-state index in [1.165, 1.54) is 12.0 Å². The molecule has 0 bridgehead atoms. The number of benzene rings is 2. The summed E-state index contributed by atoms with van der Waals surface area (Å²) in [5.41, 5.74) is 3.63. The van der Waals surface area contributed by atoms with Gasteiger partial charge in [0, 0.05) is 18.2 Å². The molecule has 5 heteroatoms. The van der Waals surface area contributed by atoms with Crippen molar-refractivity contribution in [2.45, 2.75) is 31.1 Å². The lowest BCUT2D eigenvalue weighted by atomic mass is 9.76. The molecule has 4 heterocycles. The van der Waals surface area contributed by atoms with Gasteiger partial charge in [0.05, 0.1) is 5.69 Å². The molecule has 2 aromatic rings. The van der Waals surface area contributed by atoms with Crippen LogP contribution >= 0.6 is 0 Å². The summed E-state index contributed by atoms with van der Waals surface area (Å²) in [4.78, 5) is 15.7. The summed E-state index contributed by atoms with van der Waals surface area (Å²) in [6.07, 6.45) is 4.41. The molecule has 1 unspecified atom stereocenters. The van der Waals surface area contributed by atoms with Gasteiger partial charge in [-0.15, -0.1) is 0 Å². The fourth-order valence-corrected chi connectivity index (χ4v) is 4.92. The van der Waals surface area contributed by atoms with E-state index in [1.807, 2.05) is 17.0 Å². The molecule has 0 saturated heterocycles. The first kappa shape index (κ1) is 14.5. The van der Waals surface area contributed by atoms with Crippen LogP contribution in [0.3, 0.4) is 0 Å². The second-order valence-corrected chi connectivity index (χ2v) is 7.48. The maximum absolute atomic E-state index is 13.7. The van der Waals surface area contributed by atoms with Crippen molar-refractivity contribution < 1.29 is 19.0 Å². The average molecular weight is 349 g/mol. The fourth-order valence-electron chi connectivity index (χ4n) is 4.92. The van der Waals surface area contributed by atoms with Crippen molar-refractivity contribution in [3.63, 3.8) is 0 Å². The van der Waals surface area contributed by atoms with Gasteiger partial charge in [-0.05, 0) is 36.5 Å². The number of carbonyl (C=O) groups excluding carboxylic acids is 1. The number of rotatable bonds is 0. The number of hydrogen-bond donors (Lipinski definition) is 0. The molecule has 1 atom stereocenters. The number of aryl methyl sites for hydroxylation is 1. The van der Waals surface area contributed by atoms with Crippen molar-refractivity contribution >= 4 is 11.6 Å². The van der Waals surface area contributed by atoms with E-state index in [-0.39, 0.29) is 12.7 Å². The van der Waals surface area contributed by atoms with E-state index < -0.39 is 5.41 Å². The van der Waals surface area contributed by atoms with Crippen LogP contribution in [0.15, 0.2) is 30.3 Å². The first-order valence-electron chi connectivity index (χ1n) is 9.30. The Bertz CT molecular complexity index is 953. The van der Waals surface area contributed by atoms with Crippen molar-refractivity contribution in [2.24, 2.45) is 0 Å². The first-order valence-corrected chi connectivity index (χ1v) is 9.30. The van der Waals surface area contributed by atoms with Crippen LogP contribution in [0, 0.1) is 0 Å². The zero-order valence-corrected chi connectivity index (χ0v) is 14.4. The zero-order valence-electron chi connectivity index (χ0n) is 14.4. The van der Waals surface area contributed by atoms with E-state index in [9.17, 15) is 4.79 Å². The molecule has 5 nitrogen and oxygen atoms in total. The Kier molecular flexibility index (Phi) is 2.75. The highest BCUT2D eigenvalue weighted by molar-refractivity contribution is 6.12. The van der Waals surface area contributed by atoms with Gasteiger partial charge in [0.25, 0.3) is 0 Å². The molecular formula is C21H19NO4. The number of carbonyl (C=O) groups is 1. The first-order chi connectivity index (χ1) is 12.8. The lowest BCUT2D eigenvalue weighted by molar-refractivity contribution is -0.122. The van der Waals surface area contributed by atoms with Gasteiger partial charge in [-0.3, -0.25) is 4.79 Å². The predicted octanol–water partition coefficient (Wildman–Crippen LogP) is 3.17. The summed E-state index contributed by atoms with van der Waals surface area (Å²) < 4.78 is 17.1. The molecule has 26 heavy (non-hydrogen) atoms. The Balaban J connectivity index is 1.61. The Hall–Kier alpha value is -2.69. The third kappa shape index (κ3) is 1.64. The molecular weight excluding hydrogens is 330 g/mol. The van der Waals surface area contributed by atoms with Crippen LogP contribution in [0.4, 0.5) is 5.69 Å². The lowest BCUT2D eigenvalue weighted by Gasteiger charge is -2.24. The highest BCUT2D eigenvalue weighted by Gasteiger charge is 2.57. The Labute approximate surface area is 151 Å². The minimum Gasteiger partial charge on any atom is -0.491 e. The molecule has 0 saturated carbocycles. The second kappa shape index (κ2) is 4.93. The summed E-state index contributed by atoms with van der Waals surface area (Å²) in [5.74, 6) is 2.26. The van der Waals surface area contributed by atoms with Crippen molar-refractivity contribution in [3.05, 3.63) is 47.0 Å². The number of hydrogen-bond acceptors (Lipinski definition) is 4. The smallest absolute Gasteiger partial charge is 0.245 e. The molecule has 0 radical (unpaired) electrons. The Morgan fingerprint density at radius 1 is 0.923 bits per heavy atom. The molecule has 1 amide bonds. The van der Waals surface area contributed by atoms with E-state index in [0.29, 0.717) is 18.1 Å². The summed E-state index contributed by atoms with van der Waals surface area (Å²) in [7, 11) is 0. The van der Waals surface area contributed by atoms with Crippen molar-refractivity contribution in [1.29, 1.82) is 0 Å². The minimum atomic E-state index is -0.758. The number of fused-ring (bicyclic) bond motifs is 4. The molecule has 6 rings (SSSR count). The minimum absolute atomic E-state index is 0.138. The average Bonchev–Trinajstić information content (AvgIpc) is 3.29. The van der Waals surface area contributed by atoms with Gasteiger partial charge in [-0.25, -0.2) is 0 Å². The van der Waals surface area contributed by atoms with Gasteiger partial charge in [0.1, 0.15) is 17.8 Å². The number of para-hydroxylation sites is 1. The highest BCUT2D eigenvalue weighted by Crippen LogP contribution is 2.56. The molecule has 0 fully saturated rings. The van der Waals surface area contributed by atoms with E-state index in [4.69, 9.17) is 14.2 Å². The van der Waals surface area contributed by atoms with Gasteiger partial charge in [0.2, 0.25) is 12.7 Å². The number of ether oxygens (including phenoxy) is 3. The zero-order chi connectivity index (χ0) is 17.3. The van der Waals surface area contributed by atoms with Gasteiger partial charge in [0.15, 0.2) is 11.5 Å². The van der Waals surface area contributed by atoms with Gasteiger partial charge in [-0.2, -0.15) is 0 Å². The molecule has 132 valence electrons. The Morgan fingerprint density at radius 3 is 2.73 bits per heavy atom. The highest BCUT2D eigenvalue weighted by atomic mass is 16.7. The molecule has 1 spiro atoms. The Morgan fingerprint density at radius 2 is 1.81 bits per heavy atom. The second-order valence-electron chi connectivity index (χ2n) is 7.48. The maximum atomic E-state index is 13.7. The van der Waals surface area contributed by atoms with Gasteiger partial charge >= 0.3 is 0 Å². The summed E-state index contributed by atoms with van der Waals surface area (Å²) in [6.45, 7) is 1.34. The van der Waals surface area contributed by atoms with Crippen LogP contribution in [0.5, 0.6) is 17.2 Å². The van der Waals surface area contributed by atoms with Crippen molar-refractivity contribution in [3.8, 4) is 17.2 Å². The van der Waals surface area contributed by atoms with Gasteiger partial charge < -0.3 is 19.1 Å². The van der Waals surface area contributed by atoms with E-state index in [0.717, 1.165) is 48.4 Å². The van der Waals surface area contributed by atoms with E-state index in [2.05, 4.69) is 18.2 Å². The van der Waals surface area contributed by atoms with E-state index in [1.54, 1.807) is 0 Å². The molecule has 2 aromatic carbocycles. The maximum Gasteiger partial charge on any atom is 0.245 e. The molecule has 4 aliphatic heterocycles. The van der Waals surface area contributed by atoms with Gasteiger partial charge in [-0.1, -0.05) is 24.6 Å². The number of anilines is 1. The SMILES string of the molecule is O=C1N2CCCCCc3cccc(c32)C12COc1cc3c(cc12)OCO3. The predicted molar refractivity (Wildman–Crippen MR) is 95.2 cm³/mol. The largest absolute Gasteiger partial charge is 0.491 e. The van der Waals surface area contributed by atoms with Crippen LogP contribution in [-0.4, -0.2) is 25.9 Å². The normalized spacial score (nSPS) is 24.9. The summed E-state index contributed by atoms with van der Waals surface area (Å²) >= 11 is 0. The molecule has 0 aliphatic carbocycles. The lowest BCUT2D eigenvalue weighted by Crippen LogP contribution is -2.43. The number of nitrogens with zero attached hydrogens (tertiary/aromatic N) is 1. The monoisotopic (exact) mass is 349 g/mol. The molecule has 0 aromatic heterocycles. The summed E-state index contributed by atoms with van der Waals surface area (Å²) in [5, 5.41) is 0. The molecule has 0 N–H and O–H groups in total. The van der Waals surface area contributed by atoms with Crippen LogP contribution < -0.4 is 19.1 Å². The quantitative estimate of drug-likeness (QED) is 0.733. The van der Waals surface area contributed by atoms with Crippen LogP contribution in [0.25, 0.3) is 0 Å². The van der Waals surface area contributed by atoms with Crippen molar-refractivity contribution in [2.75, 3.05) is 24.8 Å². The van der Waals surface area contributed by atoms with Crippen molar-refractivity contribution in [1.82, 2.24) is 0 Å².